The molecule has 150 valence electrons. The van der Waals surface area contributed by atoms with Crippen molar-refractivity contribution in [2.24, 2.45) is 5.41 Å². The van der Waals surface area contributed by atoms with Crippen molar-refractivity contribution in [3.05, 3.63) is 41.1 Å². The molecule has 1 aliphatic carbocycles. The lowest BCUT2D eigenvalue weighted by atomic mass is 9.74. The van der Waals surface area contributed by atoms with Gasteiger partial charge in [-0.3, -0.25) is 4.79 Å². The Morgan fingerprint density at radius 2 is 2.11 bits per heavy atom. The predicted molar refractivity (Wildman–Crippen MR) is 105 cm³/mol. The highest BCUT2D eigenvalue weighted by atomic mass is 16.3. The van der Waals surface area contributed by atoms with E-state index in [1.54, 1.807) is 13.0 Å². The van der Waals surface area contributed by atoms with Gasteiger partial charge in [-0.05, 0) is 44.1 Å². The molecule has 2 aromatic heterocycles. The molecule has 1 fully saturated rings. The Morgan fingerprint density at radius 3 is 2.79 bits per heavy atom. The van der Waals surface area contributed by atoms with Crippen LogP contribution in [0.3, 0.4) is 0 Å². The van der Waals surface area contributed by atoms with Crippen LogP contribution < -0.4 is 10.2 Å². The molecule has 2 aromatic rings. The Kier molecular flexibility index (Phi) is 4.87. The lowest BCUT2D eigenvalue weighted by Gasteiger charge is -2.37. The predicted octanol–water partition coefficient (Wildman–Crippen LogP) is 2.78. The highest BCUT2D eigenvalue weighted by Crippen LogP contribution is 2.40. The molecule has 0 saturated carbocycles. The van der Waals surface area contributed by atoms with E-state index in [2.05, 4.69) is 29.0 Å². The van der Waals surface area contributed by atoms with Crippen LogP contribution in [0.2, 0.25) is 0 Å². The number of rotatable bonds is 3. The topological polar surface area (TPSA) is 91.5 Å². The molecule has 0 spiro atoms. The van der Waals surface area contributed by atoms with Crippen molar-refractivity contribution in [3.63, 3.8) is 0 Å². The van der Waals surface area contributed by atoms with E-state index in [4.69, 9.17) is 9.40 Å². The number of fused-ring (bicyclic) bond motifs is 1. The van der Waals surface area contributed by atoms with E-state index in [1.807, 2.05) is 6.20 Å². The molecule has 0 aromatic carbocycles. The first-order chi connectivity index (χ1) is 13.3. The molecule has 2 N–H and O–H groups in total. The van der Waals surface area contributed by atoms with Crippen LogP contribution in [-0.2, 0) is 6.42 Å². The van der Waals surface area contributed by atoms with E-state index >= 15 is 0 Å². The molecule has 1 amide bonds. The van der Waals surface area contributed by atoms with E-state index in [-0.39, 0.29) is 23.5 Å². The quantitative estimate of drug-likeness (QED) is 0.846. The second-order valence-corrected chi connectivity index (χ2v) is 8.75. The molecule has 0 radical (unpaired) electrons. The Bertz CT molecular complexity index is 868. The van der Waals surface area contributed by atoms with Crippen LogP contribution in [0.1, 0.15) is 66.5 Å². The molecular weight excluding hydrogens is 356 g/mol. The van der Waals surface area contributed by atoms with E-state index in [1.165, 1.54) is 6.26 Å². The number of aryl methyl sites for hydroxylation is 1. The fourth-order valence-electron chi connectivity index (χ4n) is 4.24. The number of nitrogens with zero attached hydrogens (tertiary/aromatic N) is 3. The fraction of sp³-hybridized carbons (Fsp3) is 0.571. The summed E-state index contributed by atoms with van der Waals surface area (Å²) in [4.78, 5) is 24.3. The number of aliphatic hydroxyl groups excluding tert-OH is 1. The summed E-state index contributed by atoms with van der Waals surface area (Å²) in [6.45, 7) is 7.74. The highest BCUT2D eigenvalue weighted by molar-refractivity contribution is 5.95. The third-order valence-electron chi connectivity index (χ3n) is 5.82. The molecule has 4 rings (SSSR count). The number of furan rings is 1. The third-order valence-corrected chi connectivity index (χ3v) is 5.82. The zero-order valence-corrected chi connectivity index (χ0v) is 16.7. The van der Waals surface area contributed by atoms with Gasteiger partial charge in [-0.15, -0.1) is 0 Å². The van der Waals surface area contributed by atoms with Crippen molar-refractivity contribution in [1.82, 2.24) is 15.3 Å². The maximum atomic E-state index is 12.7. The molecule has 1 saturated heterocycles. The van der Waals surface area contributed by atoms with Crippen molar-refractivity contribution in [1.29, 1.82) is 0 Å². The monoisotopic (exact) mass is 384 g/mol. The van der Waals surface area contributed by atoms with Crippen molar-refractivity contribution >= 4 is 11.9 Å². The van der Waals surface area contributed by atoms with Crippen LogP contribution in [0, 0.1) is 12.3 Å². The zero-order chi connectivity index (χ0) is 19.9. The third kappa shape index (κ3) is 3.76. The smallest absolute Gasteiger partial charge is 0.255 e. The van der Waals surface area contributed by atoms with E-state index in [0.29, 0.717) is 11.3 Å². The van der Waals surface area contributed by atoms with Crippen LogP contribution in [0.4, 0.5) is 5.95 Å². The Balaban J connectivity index is 1.59. The van der Waals surface area contributed by atoms with Crippen molar-refractivity contribution in [2.75, 3.05) is 18.0 Å². The van der Waals surface area contributed by atoms with Gasteiger partial charge in [-0.1, -0.05) is 13.8 Å². The summed E-state index contributed by atoms with van der Waals surface area (Å²) in [5.41, 5.74) is 2.59. The van der Waals surface area contributed by atoms with E-state index in [0.717, 1.165) is 56.0 Å². The lowest BCUT2D eigenvalue weighted by molar-refractivity contribution is 0.0917. The largest absolute Gasteiger partial charge is 0.469 e. The second kappa shape index (κ2) is 7.20. The summed E-state index contributed by atoms with van der Waals surface area (Å²) >= 11 is 0. The number of anilines is 1. The number of amides is 1. The first kappa shape index (κ1) is 18.9. The van der Waals surface area contributed by atoms with Gasteiger partial charge < -0.3 is 19.7 Å². The normalized spacial score (nSPS) is 22.0. The number of hydrogen-bond acceptors (Lipinski definition) is 6. The van der Waals surface area contributed by atoms with Crippen LogP contribution >= 0.6 is 0 Å². The maximum absolute atomic E-state index is 12.7. The Hall–Kier alpha value is -2.41. The minimum Gasteiger partial charge on any atom is -0.469 e. The molecule has 3 heterocycles. The Morgan fingerprint density at radius 1 is 1.36 bits per heavy atom. The summed E-state index contributed by atoms with van der Waals surface area (Å²) in [6.07, 6.45) is 6.36. The molecule has 0 unspecified atom stereocenters. The minimum atomic E-state index is -0.223. The average Bonchev–Trinajstić information content (AvgIpc) is 3.07. The summed E-state index contributed by atoms with van der Waals surface area (Å²) in [6, 6.07) is 1.57. The van der Waals surface area contributed by atoms with E-state index < -0.39 is 0 Å². The van der Waals surface area contributed by atoms with Gasteiger partial charge >= 0.3 is 0 Å². The van der Waals surface area contributed by atoms with Crippen LogP contribution in [0.25, 0.3) is 0 Å². The van der Waals surface area contributed by atoms with Gasteiger partial charge in [0.25, 0.3) is 5.91 Å². The van der Waals surface area contributed by atoms with Gasteiger partial charge in [0, 0.05) is 24.8 Å². The van der Waals surface area contributed by atoms with Crippen molar-refractivity contribution < 1.29 is 14.3 Å². The first-order valence-electron chi connectivity index (χ1n) is 9.96. The van der Waals surface area contributed by atoms with Gasteiger partial charge in [-0.2, -0.15) is 0 Å². The van der Waals surface area contributed by atoms with E-state index in [9.17, 15) is 9.90 Å². The maximum Gasteiger partial charge on any atom is 0.255 e. The number of aliphatic hydroxyl groups is 1. The number of nitrogens with one attached hydrogen (secondary N) is 1. The van der Waals surface area contributed by atoms with Crippen molar-refractivity contribution in [3.8, 4) is 0 Å². The number of carbonyl (C=O) groups excluding carboxylic acids is 1. The molecule has 2 aliphatic rings. The molecular formula is C21H28N4O3. The summed E-state index contributed by atoms with van der Waals surface area (Å²) in [5, 5.41) is 12.9. The fourth-order valence-corrected chi connectivity index (χ4v) is 4.24. The second-order valence-electron chi connectivity index (χ2n) is 8.75. The SMILES string of the molecule is Cc1occc1C(=O)N[C@H]1CC(C)(C)Cc2nc(N3CCC(O)CC3)ncc21. The van der Waals surface area contributed by atoms with Gasteiger partial charge in [0.05, 0.1) is 29.7 Å². The average molecular weight is 384 g/mol. The van der Waals surface area contributed by atoms with Crippen LogP contribution in [-0.4, -0.2) is 40.2 Å². The lowest BCUT2D eigenvalue weighted by Crippen LogP contribution is -2.39. The minimum absolute atomic E-state index is 0.0279. The number of hydrogen-bond donors (Lipinski definition) is 2. The summed E-state index contributed by atoms with van der Waals surface area (Å²) < 4.78 is 5.27. The van der Waals surface area contributed by atoms with Crippen LogP contribution in [0.5, 0.6) is 0 Å². The zero-order valence-electron chi connectivity index (χ0n) is 16.7. The molecule has 28 heavy (non-hydrogen) atoms. The summed E-state index contributed by atoms with van der Waals surface area (Å²) in [5.74, 6) is 1.21. The molecule has 1 aliphatic heterocycles. The first-order valence-corrected chi connectivity index (χ1v) is 9.96. The summed E-state index contributed by atoms with van der Waals surface area (Å²) in [7, 11) is 0. The standard InChI is InChI=1S/C21H28N4O3/c1-13-15(6-9-28-13)19(27)23-17-10-21(2,3)11-18-16(17)12-22-20(24-18)25-7-4-14(26)5-8-25/h6,9,12,14,17,26H,4-5,7-8,10-11H2,1-3H3,(H,23,27)/t17-/m0/s1. The van der Waals surface area contributed by atoms with Gasteiger partial charge in [-0.25, -0.2) is 9.97 Å². The number of carbonyl (C=O) groups is 1. The molecule has 7 heteroatoms. The Labute approximate surface area is 165 Å². The van der Waals surface area contributed by atoms with Gasteiger partial charge in [0.1, 0.15) is 5.76 Å². The molecule has 7 nitrogen and oxygen atoms in total. The number of aromatic nitrogens is 2. The van der Waals surface area contributed by atoms with Gasteiger partial charge in [0.15, 0.2) is 0 Å². The van der Waals surface area contributed by atoms with Gasteiger partial charge in [0.2, 0.25) is 5.95 Å². The van der Waals surface area contributed by atoms with Crippen molar-refractivity contribution in [2.45, 2.75) is 58.6 Å². The van der Waals surface area contributed by atoms with Crippen LogP contribution in [0.15, 0.2) is 22.9 Å². The highest BCUT2D eigenvalue weighted by Gasteiger charge is 2.35. The molecule has 1 atom stereocenters. The molecule has 0 bridgehead atoms. The number of piperidine rings is 1.